The van der Waals surface area contributed by atoms with Crippen LogP contribution in [0, 0.1) is 6.92 Å². The van der Waals surface area contributed by atoms with E-state index in [1.807, 2.05) is 35.2 Å². The minimum absolute atomic E-state index is 0.00720. The van der Waals surface area contributed by atoms with Crippen molar-refractivity contribution in [2.75, 3.05) is 30.4 Å². The van der Waals surface area contributed by atoms with Crippen LogP contribution in [0.25, 0.3) is 0 Å². The maximum absolute atomic E-state index is 13.1. The Balaban J connectivity index is 1.41. The van der Waals surface area contributed by atoms with Gasteiger partial charge in [0, 0.05) is 36.6 Å². The summed E-state index contributed by atoms with van der Waals surface area (Å²) < 4.78 is 5.13. The highest BCUT2D eigenvalue weighted by Crippen LogP contribution is 2.24. The number of anilines is 2. The summed E-state index contributed by atoms with van der Waals surface area (Å²) in [6, 6.07) is 22.6. The molecule has 0 bridgehead atoms. The zero-order valence-electron chi connectivity index (χ0n) is 18.4. The molecule has 3 aromatic carbocycles. The molecule has 6 nitrogen and oxygen atoms in total. The van der Waals surface area contributed by atoms with E-state index in [4.69, 9.17) is 4.74 Å². The number of benzene rings is 3. The first kappa shape index (κ1) is 21.4. The summed E-state index contributed by atoms with van der Waals surface area (Å²) in [6.45, 7) is 4.09. The van der Waals surface area contributed by atoms with Crippen LogP contribution in [0.4, 0.5) is 16.2 Å². The molecule has 1 heterocycles. The van der Waals surface area contributed by atoms with E-state index in [-0.39, 0.29) is 11.9 Å². The Morgan fingerprint density at radius 1 is 1.00 bits per heavy atom. The fourth-order valence-corrected chi connectivity index (χ4v) is 3.87. The quantitative estimate of drug-likeness (QED) is 0.594. The summed E-state index contributed by atoms with van der Waals surface area (Å²) in [5.41, 5.74) is 4.38. The van der Waals surface area contributed by atoms with Gasteiger partial charge in [-0.3, -0.25) is 9.69 Å². The first-order valence-corrected chi connectivity index (χ1v) is 10.7. The van der Waals surface area contributed by atoms with E-state index in [1.165, 1.54) is 5.56 Å². The van der Waals surface area contributed by atoms with Crippen LogP contribution in [0.15, 0.2) is 72.8 Å². The molecule has 1 aliphatic heterocycles. The SMILES string of the molecule is COc1ccc(C(=O)Nc2ccc(N3CCCN(Cc4cccc(C)c4)C3=O)cc2)cc1. The Bertz CT molecular complexity index is 1090. The van der Waals surface area contributed by atoms with E-state index in [0.29, 0.717) is 30.1 Å². The highest BCUT2D eigenvalue weighted by atomic mass is 16.5. The van der Waals surface area contributed by atoms with Crippen molar-refractivity contribution in [3.05, 3.63) is 89.5 Å². The average Bonchev–Trinajstić information content (AvgIpc) is 2.81. The maximum Gasteiger partial charge on any atom is 0.324 e. The van der Waals surface area contributed by atoms with Gasteiger partial charge in [-0.1, -0.05) is 29.8 Å². The molecular weight excluding hydrogens is 402 g/mol. The van der Waals surface area contributed by atoms with Crippen LogP contribution in [0.2, 0.25) is 0 Å². The Hall–Kier alpha value is -3.80. The number of nitrogens with zero attached hydrogens (tertiary/aromatic N) is 2. The number of hydrogen-bond donors (Lipinski definition) is 1. The van der Waals surface area contributed by atoms with Gasteiger partial charge >= 0.3 is 6.03 Å². The van der Waals surface area contributed by atoms with Crippen molar-refractivity contribution in [3.63, 3.8) is 0 Å². The minimum atomic E-state index is -0.196. The predicted octanol–water partition coefficient (Wildman–Crippen LogP) is 5.09. The molecule has 0 radical (unpaired) electrons. The molecule has 1 saturated heterocycles. The van der Waals surface area contributed by atoms with Crippen molar-refractivity contribution < 1.29 is 14.3 Å². The van der Waals surface area contributed by atoms with Gasteiger partial charge in [-0.05, 0) is 67.4 Å². The number of amides is 3. The second kappa shape index (κ2) is 9.56. The van der Waals surface area contributed by atoms with Gasteiger partial charge in [-0.2, -0.15) is 0 Å². The summed E-state index contributed by atoms with van der Waals surface area (Å²) in [5, 5.41) is 2.89. The number of carbonyl (C=O) groups excluding carboxylic acids is 2. The van der Waals surface area contributed by atoms with Crippen molar-refractivity contribution in [3.8, 4) is 5.75 Å². The number of urea groups is 1. The van der Waals surface area contributed by atoms with E-state index >= 15 is 0 Å². The molecule has 3 amide bonds. The Morgan fingerprint density at radius 2 is 1.75 bits per heavy atom. The second-order valence-corrected chi connectivity index (χ2v) is 7.93. The first-order valence-electron chi connectivity index (χ1n) is 10.7. The first-order chi connectivity index (χ1) is 15.5. The van der Waals surface area contributed by atoms with Gasteiger partial charge in [0.15, 0.2) is 0 Å². The standard InChI is InChI=1S/C26H27N3O3/c1-19-5-3-6-20(17-19)18-28-15-4-16-29(26(28)31)23-11-9-22(10-12-23)27-25(30)21-7-13-24(32-2)14-8-21/h3,5-14,17H,4,15-16,18H2,1-2H3,(H,27,30). The van der Waals surface area contributed by atoms with Crippen molar-refractivity contribution in [1.29, 1.82) is 0 Å². The molecule has 6 heteroatoms. The molecule has 0 aliphatic carbocycles. The van der Waals surface area contributed by atoms with E-state index < -0.39 is 0 Å². The summed E-state index contributed by atoms with van der Waals surface area (Å²) >= 11 is 0. The van der Waals surface area contributed by atoms with Gasteiger partial charge in [0.05, 0.1) is 7.11 Å². The second-order valence-electron chi connectivity index (χ2n) is 7.93. The molecule has 0 aromatic heterocycles. The summed E-state index contributed by atoms with van der Waals surface area (Å²) in [4.78, 5) is 29.2. The van der Waals surface area contributed by atoms with Crippen molar-refractivity contribution in [1.82, 2.24) is 4.90 Å². The van der Waals surface area contributed by atoms with E-state index in [2.05, 4.69) is 30.4 Å². The fourth-order valence-electron chi connectivity index (χ4n) is 3.87. The fraction of sp³-hybridized carbons (Fsp3) is 0.231. The third-order valence-corrected chi connectivity index (χ3v) is 5.56. The number of rotatable bonds is 6. The van der Waals surface area contributed by atoms with Crippen LogP contribution in [0.3, 0.4) is 0 Å². The number of ether oxygens (including phenoxy) is 1. The Labute approximate surface area is 188 Å². The smallest absolute Gasteiger partial charge is 0.324 e. The summed E-state index contributed by atoms with van der Waals surface area (Å²) in [7, 11) is 1.59. The lowest BCUT2D eigenvalue weighted by molar-refractivity contribution is 0.102. The molecule has 4 rings (SSSR count). The van der Waals surface area contributed by atoms with Gasteiger partial charge < -0.3 is 15.0 Å². The van der Waals surface area contributed by atoms with Crippen molar-refractivity contribution in [2.45, 2.75) is 19.9 Å². The molecular formula is C26H27N3O3. The number of nitrogens with one attached hydrogen (secondary N) is 1. The normalized spacial score (nSPS) is 13.8. The molecule has 3 aromatic rings. The molecule has 164 valence electrons. The Kier molecular flexibility index (Phi) is 6.40. The van der Waals surface area contributed by atoms with Crippen molar-refractivity contribution >= 4 is 23.3 Å². The molecule has 0 saturated carbocycles. The van der Waals surface area contributed by atoms with Gasteiger partial charge in [0.2, 0.25) is 0 Å². The zero-order valence-corrected chi connectivity index (χ0v) is 18.4. The van der Waals surface area contributed by atoms with Crippen molar-refractivity contribution in [2.24, 2.45) is 0 Å². The highest BCUT2D eigenvalue weighted by Gasteiger charge is 2.26. The van der Waals surface area contributed by atoms with E-state index in [0.717, 1.165) is 24.2 Å². The lowest BCUT2D eigenvalue weighted by atomic mass is 10.1. The topological polar surface area (TPSA) is 61.9 Å². The van der Waals surface area contributed by atoms with Gasteiger partial charge in [-0.25, -0.2) is 4.79 Å². The van der Waals surface area contributed by atoms with Crippen LogP contribution >= 0.6 is 0 Å². The minimum Gasteiger partial charge on any atom is -0.497 e. The van der Waals surface area contributed by atoms with Crippen LogP contribution in [-0.4, -0.2) is 37.0 Å². The van der Waals surface area contributed by atoms with E-state index in [1.54, 1.807) is 36.3 Å². The van der Waals surface area contributed by atoms with Crippen LogP contribution in [0.5, 0.6) is 5.75 Å². The molecule has 0 atom stereocenters. The molecule has 1 aliphatic rings. The third-order valence-electron chi connectivity index (χ3n) is 5.56. The molecule has 0 unspecified atom stereocenters. The Morgan fingerprint density at radius 3 is 2.44 bits per heavy atom. The van der Waals surface area contributed by atoms with Crippen LogP contribution < -0.4 is 15.0 Å². The number of hydrogen-bond acceptors (Lipinski definition) is 3. The maximum atomic E-state index is 13.1. The lowest BCUT2D eigenvalue weighted by Gasteiger charge is -2.35. The van der Waals surface area contributed by atoms with E-state index in [9.17, 15) is 9.59 Å². The highest BCUT2D eigenvalue weighted by molar-refractivity contribution is 6.04. The predicted molar refractivity (Wildman–Crippen MR) is 126 cm³/mol. The summed E-state index contributed by atoms with van der Waals surface area (Å²) in [6.07, 6.45) is 0.910. The van der Waals surface area contributed by atoms with Crippen LogP contribution in [0.1, 0.15) is 27.9 Å². The largest absolute Gasteiger partial charge is 0.497 e. The van der Waals surface area contributed by atoms with Gasteiger partial charge in [-0.15, -0.1) is 0 Å². The zero-order chi connectivity index (χ0) is 22.5. The molecule has 0 spiro atoms. The lowest BCUT2D eigenvalue weighted by Crippen LogP contribution is -2.49. The molecule has 1 fully saturated rings. The monoisotopic (exact) mass is 429 g/mol. The summed E-state index contributed by atoms with van der Waals surface area (Å²) in [5.74, 6) is 0.507. The third kappa shape index (κ3) is 4.91. The average molecular weight is 430 g/mol. The van der Waals surface area contributed by atoms with Gasteiger partial charge in [0.25, 0.3) is 5.91 Å². The van der Waals surface area contributed by atoms with Crippen LogP contribution in [-0.2, 0) is 6.54 Å². The number of methoxy groups -OCH3 is 1. The number of carbonyl (C=O) groups is 2. The molecule has 32 heavy (non-hydrogen) atoms. The van der Waals surface area contributed by atoms with Gasteiger partial charge in [0.1, 0.15) is 5.75 Å². The molecule has 1 N–H and O–H groups in total. The number of aryl methyl sites for hydroxylation is 1.